The largest absolute Gasteiger partial charge is 0.298 e. The number of benzene rings is 2. The molecule has 0 aliphatic rings. The van der Waals surface area contributed by atoms with Crippen molar-refractivity contribution in [2.24, 2.45) is 0 Å². The van der Waals surface area contributed by atoms with Gasteiger partial charge >= 0.3 is 0 Å². The van der Waals surface area contributed by atoms with Crippen LogP contribution in [0.1, 0.15) is 29.2 Å². The Bertz CT molecular complexity index is 765. The van der Waals surface area contributed by atoms with Crippen LogP contribution in [0.25, 0.3) is 12.2 Å². The highest BCUT2D eigenvalue weighted by atomic mass is 19.1. The van der Waals surface area contributed by atoms with Crippen molar-refractivity contribution < 1.29 is 17.6 Å². The fraction of sp³-hybridized carbons (Fsp3) is 0.200. The van der Waals surface area contributed by atoms with Gasteiger partial charge in [0, 0.05) is 24.2 Å². The number of hydrogen-bond acceptors (Lipinski definition) is 1. The van der Waals surface area contributed by atoms with E-state index in [1.54, 1.807) is 24.9 Å². The van der Waals surface area contributed by atoms with Crippen molar-refractivity contribution in [3.63, 3.8) is 0 Å². The van der Waals surface area contributed by atoms with Crippen LogP contribution in [0.2, 0.25) is 0 Å². The van der Waals surface area contributed by atoms with E-state index < -0.39 is 23.3 Å². The van der Waals surface area contributed by atoms with Crippen molar-refractivity contribution in [1.82, 2.24) is 4.90 Å². The predicted molar refractivity (Wildman–Crippen MR) is 92.7 cm³/mol. The third-order valence-electron chi connectivity index (χ3n) is 3.72. The van der Waals surface area contributed by atoms with Gasteiger partial charge in [0.15, 0.2) is 0 Å². The van der Waals surface area contributed by atoms with Gasteiger partial charge in [-0.05, 0) is 49.4 Å². The van der Waals surface area contributed by atoms with Crippen molar-refractivity contribution in [1.29, 1.82) is 0 Å². The Morgan fingerprint density at radius 1 is 0.840 bits per heavy atom. The topological polar surface area (TPSA) is 3.24 Å². The smallest absolute Gasteiger partial charge is 0.133 e. The Labute approximate surface area is 144 Å². The summed E-state index contributed by atoms with van der Waals surface area (Å²) in [6.45, 7) is 5.51. The van der Waals surface area contributed by atoms with Crippen LogP contribution in [-0.4, -0.2) is 11.9 Å². The third-order valence-corrected chi connectivity index (χ3v) is 3.72. The number of allylic oxidation sites excluding steroid dienone is 1. The first kappa shape index (κ1) is 18.9. The molecule has 0 unspecified atom stereocenters. The summed E-state index contributed by atoms with van der Waals surface area (Å²) in [5.74, 6) is -2.67. The molecule has 0 fully saturated rings. The Hall–Kier alpha value is -2.40. The van der Waals surface area contributed by atoms with E-state index in [0.29, 0.717) is 11.1 Å². The molecule has 0 aliphatic heterocycles. The van der Waals surface area contributed by atoms with Crippen molar-refractivity contribution in [2.75, 3.05) is 7.05 Å². The molecule has 0 aliphatic carbocycles. The number of nitrogens with zero attached hydrogens (tertiary/aromatic N) is 1. The van der Waals surface area contributed by atoms with Gasteiger partial charge in [0.1, 0.15) is 23.3 Å². The highest BCUT2D eigenvalue weighted by Gasteiger charge is 2.12. The molecule has 0 spiro atoms. The van der Waals surface area contributed by atoms with Crippen molar-refractivity contribution >= 4 is 12.2 Å². The fourth-order valence-corrected chi connectivity index (χ4v) is 2.66. The summed E-state index contributed by atoms with van der Waals surface area (Å²) in [7, 11) is 1.70. The molecule has 0 radical (unpaired) electrons. The second-order valence-corrected chi connectivity index (χ2v) is 5.82. The average Bonchev–Trinajstić information content (AvgIpc) is 2.50. The van der Waals surface area contributed by atoms with E-state index in [2.05, 4.69) is 6.58 Å². The quantitative estimate of drug-likeness (QED) is 0.618. The average molecular weight is 349 g/mol. The van der Waals surface area contributed by atoms with Crippen LogP contribution in [0.5, 0.6) is 0 Å². The Morgan fingerprint density at radius 2 is 1.24 bits per heavy atom. The molecule has 0 saturated carbocycles. The summed E-state index contributed by atoms with van der Waals surface area (Å²) in [6.07, 6.45) is 4.05. The Morgan fingerprint density at radius 3 is 1.60 bits per heavy atom. The summed E-state index contributed by atoms with van der Waals surface area (Å²) in [5.41, 5.74) is 0.608. The summed E-state index contributed by atoms with van der Waals surface area (Å²) in [4.78, 5) is 1.71. The lowest BCUT2D eigenvalue weighted by Gasteiger charge is -2.18. The van der Waals surface area contributed by atoms with E-state index in [-0.39, 0.29) is 24.2 Å². The molecule has 0 aromatic heterocycles. The van der Waals surface area contributed by atoms with Crippen LogP contribution in [-0.2, 0) is 13.1 Å². The Balaban J connectivity index is 2.15. The van der Waals surface area contributed by atoms with Crippen LogP contribution in [0.15, 0.2) is 36.9 Å². The first-order chi connectivity index (χ1) is 11.8. The van der Waals surface area contributed by atoms with Gasteiger partial charge in [-0.25, -0.2) is 17.6 Å². The van der Waals surface area contributed by atoms with Crippen molar-refractivity contribution in [3.05, 3.63) is 82.4 Å². The van der Waals surface area contributed by atoms with E-state index >= 15 is 0 Å². The zero-order valence-corrected chi connectivity index (χ0v) is 14.1. The lowest BCUT2D eigenvalue weighted by Crippen LogP contribution is -2.18. The summed E-state index contributed by atoms with van der Waals surface area (Å²) in [6, 6.07) is 4.98. The lowest BCUT2D eigenvalue weighted by molar-refractivity contribution is 0.316. The molecular weight excluding hydrogens is 330 g/mol. The maximum atomic E-state index is 13.9. The minimum absolute atomic E-state index is 0.0851. The lowest BCUT2D eigenvalue weighted by atomic mass is 10.1. The molecule has 5 heteroatoms. The number of hydrogen-bond donors (Lipinski definition) is 0. The summed E-state index contributed by atoms with van der Waals surface area (Å²) >= 11 is 0. The number of rotatable bonds is 6. The van der Waals surface area contributed by atoms with Crippen LogP contribution < -0.4 is 0 Å². The molecule has 0 heterocycles. The zero-order chi connectivity index (χ0) is 18.6. The molecule has 0 saturated heterocycles. The van der Waals surface area contributed by atoms with E-state index in [0.717, 1.165) is 6.08 Å². The Kier molecular flexibility index (Phi) is 6.15. The van der Waals surface area contributed by atoms with Crippen LogP contribution >= 0.6 is 0 Å². The van der Waals surface area contributed by atoms with Crippen LogP contribution in [0.4, 0.5) is 17.6 Å². The first-order valence-corrected chi connectivity index (χ1v) is 7.75. The normalized spacial score (nSPS) is 11.5. The van der Waals surface area contributed by atoms with Gasteiger partial charge < -0.3 is 0 Å². The molecule has 0 bridgehead atoms. The van der Waals surface area contributed by atoms with Gasteiger partial charge in [-0.2, -0.15) is 0 Å². The molecular formula is C20H19F4N. The maximum absolute atomic E-state index is 13.9. The van der Waals surface area contributed by atoms with E-state index in [1.807, 2.05) is 0 Å². The predicted octanol–water partition coefficient (Wildman–Crippen LogP) is 5.55. The molecule has 25 heavy (non-hydrogen) atoms. The maximum Gasteiger partial charge on any atom is 0.133 e. The van der Waals surface area contributed by atoms with E-state index in [4.69, 9.17) is 0 Å². The van der Waals surface area contributed by atoms with Gasteiger partial charge in [-0.3, -0.25) is 4.90 Å². The SMILES string of the molecule is C=Cc1c(F)cc(CN(C)Cc2cc(F)c(/C=C/C)c(F)c2)cc1F. The van der Waals surface area contributed by atoms with Gasteiger partial charge in [-0.1, -0.05) is 24.8 Å². The van der Waals surface area contributed by atoms with Gasteiger partial charge in [-0.15, -0.1) is 0 Å². The fourth-order valence-electron chi connectivity index (χ4n) is 2.66. The summed E-state index contributed by atoms with van der Waals surface area (Å²) < 4.78 is 55.4. The van der Waals surface area contributed by atoms with E-state index in [1.165, 1.54) is 30.3 Å². The molecule has 2 rings (SSSR count). The standard InChI is InChI=1S/C20H19F4N/c1-4-6-16-19(23)9-14(10-20(16)24)12-25(3)11-13-7-17(21)15(5-2)18(22)8-13/h4-10H,2,11-12H2,1,3H3/b6-4+. The molecule has 1 nitrogen and oxygen atoms in total. The highest BCUT2D eigenvalue weighted by molar-refractivity contribution is 5.51. The van der Waals surface area contributed by atoms with Gasteiger partial charge in [0.2, 0.25) is 0 Å². The highest BCUT2D eigenvalue weighted by Crippen LogP contribution is 2.20. The van der Waals surface area contributed by atoms with Crippen molar-refractivity contribution in [2.45, 2.75) is 20.0 Å². The van der Waals surface area contributed by atoms with Gasteiger partial charge in [0.05, 0.1) is 0 Å². The second kappa shape index (κ2) is 8.12. The zero-order valence-electron chi connectivity index (χ0n) is 14.1. The minimum atomic E-state index is -0.689. The molecule has 2 aromatic carbocycles. The van der Waals surface area contributed by atoms with Crippen LogP contribution in [0, 0.1) is 23.3 Å². The monoisotopic (exact) mass is 349 g/mol. The van der Waals surface area contributed by atoms with Gasteiger partial charge in [0.25, 0.3) is 0 Å². The molecule has 0 N–H and O–H groups in total. The molecule has 2 aromatic rings. The van der Waals surface area contributed by atoms with Crippen molar-refractivity contribution in [3.8, 4) is 0 Å². The van der Waals surface area contributed by atoms with Crippen LogP contribution in [0.3, 0.4) is 0 Å². The summed E-state index contributed by atoms with van der Waals surface area (Å²) in [5, 5.41) is 0. The molecule has 132 valence electrons. The first-order valence-electron chi connectivity index (χ1n) is 7.75. The molecule has 0 atom stereocenters. The second-order valence-electron chi connectivity index (χ2n) is 5.82. The third kappa shape index (κ3) is 4.57. The van der Waals surface area contributed by atoms with E-state index in [9.17, 15) is 17.6 Å². The minimum Gasteiger partial charge on any atom is -0.298 e. The molecule has 0 amide bonds. The number of halogens is 4.